The number of piperidine rings is 1. The van der Waals surface area contributed by atoms with Crippen LogP contribution in [0.3, 0.4) is 0 Å². The summed E-state index contributed by atoms with van der Waals surface area (Å²) in [5.41, 5.74) is 4.71. The zero-order chi connectivity index (χ0) is 26.3. The Bertz CT molecular complexity index is 1170. The molecule has 13 heteroatoms. The van der Waals surface area contributed by atoms with Crippen molar-refractivity contribution in [2.45, 2.75) is 50.4 Å². The van der Waals surface area contributed by atoms with E-state index in [4.69, 9.17) is 5.73 Å². The van der Waals surface area contributed by atoms with Crippen LogP contribution >= 0.6 is 0 Å². The molecule has 194 valence electrons. The van der Waals surface area contributed by atoms with Gasteiger partial charge in [0.1, 0.15) is 5.82 Å². The average Bonchev–Trinajstić information content (AvgIpc) is 2.79. The number of hydrogen-bond acceptors (Lipinski definition) is 5. The van der Waals surface area contributed by atoms with Gasteiger partial charge in [0, 0.05) is 49.5 Å². The monoisotopic (exact) mass is 515 g/mol. The first-order chi connectivity index (χ1) is 16.8. The van der Waals surface area contributed by atoms with Gasteiger partial charge in [-0.15, -0.1) is 0 Å². The fraction of sp³-hybridized carbons (Fsp3) is 0.478. The topological polar surface area (TPSA) is 92.4 Å². The van der Waals surface area contributed by atoms with Gasteiger partial charge in [-0.3, -0.25) is 9.59 Å². The SMILES string of the molecule is N[C@H](CC(=O)N1CCc2c(nc(-c3cccc(F)c3)nc2C(F)(F)F)C1)CN1CC(F)(F)CCC1=O. The summed E-state index contributed by atoms with van der Waals surface area (Å²) in [6, 6.07) is 3.91. The van der Waals surface area contributed by atoms with E-state index in [9.17, 15) is 35.9 Å². The third-order valence-electron chi connectivity index (χ3n) is 6.14. The molecule has 1 fully saturated rings. The smallest absolute Gasteiger partial charge is 0.336 e. The van der Waals surface area contributed by atoms with E-state index in [1.165, 1.54) is 17.0 Å². The fourth-order valence-electron chi connectivity index (χ4n) is 4.40. The van der Waals surface area contributed by atoms with Crippen LogP contribution in [0, 0.1) is 5.82 Å². The van der Waals surface area contributed by atoms with Gasteiger partial charge >= 0.3 is 6.18 Å². The number of benzene rings is 1. The molecule has 2 aliphatic heterocycles. The molecular weight excluding hydrogens is 492 g/mol. The molecule has 2 aliphatic rings. The molecule has 2 aromatic rings. The lowest BCUT2D eigenvalue weighted by Gasteiger charge is -2.34. The number of fused-ring (bicyclic) bond motifs is 1. The predicted octanol–water partition coefficient (Wildman–Crippen LogP) is 3.16. The van der Waals surface area contributed by atoms with Gasteiger partial charge < -0.3 is 15.5 Å². The second kappa shape index (κ2) is 9.68. The minimum absolute atomic E-state index is 0.0180. The number of amides is 2. The van der Waals surface area contributed by atoms with E-state index < -0.39 is 54.4 Å². The van der Waals surface area contributed by atoms with E-state index >= 15 is 0 Å². The molecule has 0 spiro atoms. The van der Waals surface area contributed by atoms with Crippen molar-refractivity contribution in [1.82, 2.24) is 19.8 Å². The van der Waals surface area contributed by atoms with Crippen LogP contribution in [0.25, 0.3) is 11.4 Å². The van der Waals surface area contributed by atoms with Crippen LogP contribution in [0.15, 0.2) is 24.3 Å². The molecule has 4 rings (SSSR count). The highest BCUT2D eigenvalue weighted by Crippen LogP contribution is 2.35. The lowest BCUT2D eigenvalue weighted by molar-refractivity contribution is -0.148. The number of carbonyl (C=O) groups excluding carboxylic acids is 2. The summed E-state index contributed by atoms with van der Waals surface area (Å²) < 4.78 is 82.2. The molecule has 0 unspecified atom stereocenters. The maximum absolute atomic E-state index is 13.7. The van der Waals surface area contributed by atoms with Crippen LogP contribution in [-0.4, -0.2) is 63.2 Å². The first-order valence-corrected chi connectivity index (χ1v) is 11.2. The second-order valence-electron chi connectivity index (χ2n) is 8.99. The Morgan fingerprint density at radius 1 is 1.19 bits per heavy atom. The highest BCUT2D eigenvalue weighted by atomic mass is 19.4. The number of carbonyl (C=O) groups is 2. The Kier molecular flexibility index (Phi) is 6.95. The van der Waals surface area contributed by atoms with E-state index in [1.54, 1.807) is 0 Å². The molecule has 0 bridgehead atoms. The predicted molar refractivity (Wildman–Crippen MR) is 115 cm³/mol. The Morgan fingerprint density at radius 2 is 1.94 bits per heavy atom. The van der Waals surface area contributed by atoms with Gasteiger partial charge in [-0.2, -0.15) is 13.2 Å². The molecule has 0 saturated carbocycles. The number of alkyl halides is 5. The minimum Gasteiger partial charge on any atom is -0.336 e. The fourth-order valence-corrected chi connectivity index (χ4v) is 4.40. The van der Waals surface area contributed by atoms with E-state index in [1.807, 2.05) is 0 Å². The molecule has 1 aromatic carbocycles. The van der Waals surface area contributed by atoms with Crippen LogP contribution < -0.4 is 5.73 Å². The molecule has 1 aromatic heterocycles. The summed E-state index contributed by atoms with van der Waals surface area (Å²) >= 11 is 0. The highest BCUT2D eigenvalue weighted by molar-refractivity contribution is 5.78. The molecule has 0 radical (unpaired) electrons. The molecule has 2 amide bonds. The third kappa shape index (κ3) is 5.77. The molecule has 0 aliphatic carbocycles. The Morgan fingerprint density at radius 3 is 2.64 bits per heavy atom. The standard InChI is InChI=1S/C23H23F6N5O2/c24-14-3-1-2-13(8-14)21-31-17-11-33(7-5-16(17)20(32-21)23(27,28)29)19(36)9-15(30)10-34-12-22(25,26)6-4-18(34)35/h1-3,8,15H,4-7,9-12,30H2/t15-/m1/s1. The van der Waals surface area contributed by atoms with Crippen molar-refractivity contribution in [2.24, 2.45) is 5.73 Å². The van der Waals surface area contributed by atoms with E-state index in [0.717, 1.165) is 17.0 Å². The van der Waals surface area contributed by atoms with Gasteiger partial charge in [0.25, 0.3) is 5.92 Å². The molecule has 1 atom stereocenters. The summed E-state index contributed by atoms with van der Waals surface area (Å²) in [5.74, 6) is -5.00. The van der Waals surface area contributed by atoms with E-state index in [2.05, 4.69) is 9.97 Å². The molecule has 7 nitrogen and oxygen atoms in total. The van der Waals surface area contributed by atoms with Gasteiger partial charge in [-0.1, -0.05) is 12.1 Å². The van der Waals surface area contributed by atoms with E-state index in [-0.39, 0.29) is 61.5 Å². The number of likely N-dealkylation sites (tertiary alicyclic amines) is 1. The molecule has 2 N–H and O–H groups in total. The number of rotatable bonds is 5. The maximum atomic E-state index is 13.7. The first kappa shape index (κ1) is 25.9. The Labute approximate surface area is 202 Å². The van der Waals surface area contributed by atoms with Crippen LogP contribution in [0.2, 0.25) is 0 Å². The molecule has 3 heterocycles. The summed E-state index contributed by atoms with van der Waals surface area (Å²) in [7, 11) is 0. The van der Waals surface area contributed by atoms with Gasteiger partial charge in [-0.25, -0.2) is 23.1 Å². The van der Waals surface area contributed by atoms with Crippen LogP contribution in [0.4, 0.5) is 26.3 Å². The second-order valence-corrected chi connectivity index (χ2v) is 8.99. The molecular formula is C23H23F6N5O2. The Hall–Kier alpha value is -3.22. The zero-order valence-corrected chi connectivity index (χ0v) is 19.0. The Balaban J connectivity index is 1.51. The minimum atomic E-state index is -4.79. The van der Waals surface area contributed by atoms with Crippen LogP contribution in [0.1, 0.15) is 36.2 Å². The quantitative estimate of drug-likeness (QED) is 0.618. The van der Waals surface area contributed by atoms with Gasteiger partial charge in [0.2, 0.25) is 11.8 Å². The lowest BCUT2D eigenvalue weighted by atomic mass is 10.0. The summed E-state index contributed by atoms with van der Waals surface area (Å²) in [4.78, 5) is 34.8. The zero-order valence-electron chi connectivity index (χ0n) is 19.0. The van der Waals surface area contributed by atoms with Crippen molar-refractivity contribution in [3.05, 3.63) is 47.0 Å². The van der Waals surface area contributed by atoms with Crippen LogP contribution in [-0.2, 0) is 28.7 Å². The largest absolute Gasteiger partial charge is 0.433 e. The lowest BCUT2D eigenvalue weighted by Crippen LogP contribution is -2.51. The van der Waals surface area contributed by atoms with Crippen molar-refractivity contribution in [2.75, 3.05) is 19.6 Å². The van der Waals surface area contributed by atoms with Crippen molar-refractivity contribution in [3.63, 3.8) is 0 Å². The van der Waals surface area contributed by atoms with Gasteiger partial charge in [-0.05, 0) is 18.6 Å². The maximum Gasteiger partial charge on any atom is 0.433 e. The van der Waals surface area contributed by atoms with Crippen molar-refractivity contribution < 1.29 is 35.9 Å². The average molecular weight is 515 g/mol. The number of nitrogens with zero attached hydrogens (tertiary/aromatic N) is 4. The number of halogens is 6. The van der Waals surface area contributed by atoms with Gasteiger partial charge in [0.05, 0.1) is 18.8 Å². The molecule has 36 heavy (non-hydrogen) atoms. The normalized spacial score (nSPS) is 18.7. The highest BCUT2D eigenvalue weighted by Gasteiger charge is 2.41. The van der Waals surface area contributed by atoms with E-state index in [0.29, 0.717) is 0 Å². The van der Waals surface area contributed by atoms with Crippen molar-refractivity contribution in [1.29, 1.82) is 0 Å². The third-order valence-corrected chi connectivity index (χ3v) is 6.14. The summed E-state index contributed by atoms with van der Waals surface area (Å²) in [6.07, 6.45) is -6.09. The summed E-state index contributed by atoms with van der Waals surface area (Å²) in [5, 5.41) is 0. The molecule has 1 saturated heterocycles. The van der Waals surface area contributed by atoms with Crippen molar-refractivity contribution in [3.8, 4) is 11.4 Å². The summed E-state index contributed by atoms with van der Waals surface area (Å²) in [6.45, 7) is -1.32. The number of nitrogens with two attached hydrogens (primary N) is 1. The van der Waals surface area contributed by atoms with Gasteiger partial charge in [0.15, 0.2) is 11.5 Å². The number of hydrogen-bond donors (Lipinski definition) is 1. The first-order valence-electron chi connectivity index (χ1n) is 11.2. The number of aromatic nitrogens is 2. The van der Waals surface area contributed by atoms with Crippen molar-refractivity contribution >= 4 is 11.8 Å². The van der Waals surface area contributed by atoms with Crippen LogP contribution in [0.5, 0.6) is 0 Å².